The van der Waals surface area contributed by atoms with Gasteiger partial charge in [-0.2, -0.15) is 0 Å². The summed E-state index contributed by atoms with van der Waals surface area (Å²) in [5.74, 6) is 0. The van der Waals surface area contributed by atoms with Gasteiger partial charge in [0.25, 0.3) is 0 Å². The summed E-state index contributed by atoms with van der Waals surface area (Å²) in [6.45, 7) is 2.51. The summed E-state index contributed by atoms with van der Waals surface area (Å²) in [5.41, 5.74) is 3.17. The highest BCUT2D eigenvalue weighted by Gasteiger charge is 2.10. The monoisotopic (exact) mass is 335 g/mol. The van der Waals surface area contributed by atoms with Crippen molar-refractivity contribution in [3.8, 4) is 0 Å². The molecule has 1 aromatic heterocycles. The Morgan fingerprint density at radius 3 is 2.50 bits per heavy atom. The lowest BCUT2D eigenvalue weighted by molar-refractivity contribution is -0.783. The lowest BCUT2D eigenvalue weighted by Gasteiger charge is -2.04. The lowest BCUT2D eigenvalue weighted by atomic mass is 10.2. The van der Waals surface area contributed by atoms with Crippen molar-refractivity contribution in [1.82, 2.24) is 4.98 Å². The molecule has 1 heterocycles. The Balaban J connectivity index is 1.80. The highest BCUT2D eigenvalue weighted by Crippen LogP contribution is 2.28. The fraction of sp³-hybridized carbons (Fsp3) is 0.100. The fourth-order valence-corrected chi connectivity index (χ4v) is 3.13. The molecule has 2 aromatic carbocycles. The zero-order valence-corrected chi connectivity index (χ0v) is 14.3. The van der Waals surface area contributed by atoms with Gasteiger partial charge in [-0.15, -0.1) is 0 Å². The molecule has 0 saturated carbocycles. The first kappa shape index (κ1) is 16.3. The molecule has 120 valence electrons. The van der Waals surface area contributed by atoms with Gasteiger partial charge < -0.3 is 0 Å². The van der Waals surface area contributed by atoms with E-state index < -0.39 is 0 Å². The average Bonchev–Trinajstić information content (AvgIpc) is 2.59. The van der Waals surface area contributed by atoms with Crippen LogP contribution in [0.2, 0.25) is 0 Å². The van der Waals surface area contributed by atoms with Crippen LogP contribution in [0.15, 0.2) is 82.8 Å². The molecule has 0 aliphatic heterocycles. The first-order valence-corrected chi connectivity index (χ1v) is 8.56. The molecular weight excluding hydrogens is 316 g/mol. The number of aromatic nitrogens is 1. The third kappa shape index (κ3) is 4.46. The van der Waals surface area contributed by atoms with E-state index in [9.17, 15) is 5.21 Å². The van der Waals surface area contributed by atoms with Crippen LogP contribution >= 0.6 is 11.8 Å². The zero-order chi connectivity index (χ0) is 16.8. The summed E-state index contributed by atoms with van der Waals surface area (Å²) >= 11 is 1.59. The molecule has 3 rings (SSSR count). The maximum atomic E-state index is 10.2. The van der Waals surface area contributed by atoms with Crippen LogP contribution < -0.4 is 0 Å². The van der Waals surface area contributed by atoms with Gasteiger partial charge in [0.1, 0.15) is 5.03 Å². The molecule has 3 nitrogen and oxygen atoms in total. The van der Waals surface area contributed by atoms with E-state index in [-0.39, 0.29) is 0 Å². The smallest absolute Gasteiger partial charge is 0.225 e. The normalized spacial score (nSPS) is 11.5. The highest BCUT2D eigenvalue weighted by atomic mass is 32.2. The predicted molar refractivity (Wildman–Crippen MR) is 96.9 cm³/mol. The minimum absolute atomic E-state index is 0.435. The van der Waals surface area contributed by atoms with Crippen molar-refractivity contribution < 1.29 is 9.95 Å². The van der Waals surface area contributed by atoms with Gasteiger partial charge in [-0.25, -0.2) is 4.98 Å². The van der Waals surface area contributed by atoms with E-state index in [0.717, 1.165) is 21.0 Å². The molecule has 0 bridgehead atoms. The number of nitrogens with zero attached hydrogens (tertiary/aromatic N) is 2. The molecule has 0 atom stereocenters. The van der Waals surface area contributed by atoms with E-state index in [1.165, 1.54) is 10.3 Å². The molecule has 3 aromatic rings. The summed E-state index contributed by atoms with van der Waals surface area (Å²) in [4.78, 5) is 5.58. The van der Waals surface area contributed by atoms with E-state index in [4.69, 9.17) is 0 Å². The number of hydrogen-bond donors (Lipinski definition) is 1. The Morgan fingerprint density at radius 1 is 1.00 bits per heavy atom. The number of hydroxylamine groups is 1. The number of rotatable bonds is 5. The van der Waals surface area contributed by atoms with Crippen LogP contribution in [-0.4, -0.2) is 21.1 Å². The predicted octanol–water partition coefficient (Wildman–Crippen LogP) is 4.56. The lowest BCUT2D eigenvalue weighted by Crippen LogP contribution is -2.09. The van der Waals surface area contributed by atoms with Gasteiger partial charge >= 0.3 is 0 Å². The number of pyridine rings is 1. The van der Waals surface area contributed by atoms with Gasteiger partial charge in [-0.1, -0.05) is 59.8 Å². The summed E-state index contributed by atoms with van der Waals surface area (Å²) in [7, 11) is 0. The highest BCUT2D eigenvalue weighted by molar-refractivity contribution is 7.99. The van der Waals surface area contributed by atoms with Gasteiger partial charge in [0.05, 0.1) is 5.56 Å². The summed E-state index contributed by atoms with van der Waals surface area (Å²) < 4.78 is 1.20. The molecule has 24 heavy (non-hydrogen) atoms. The summed E-state index contributed by atoms with van der Waals surface area (Å²) in [5, 5.41) is 11.1. The largest absolute Gasteiger partial charge is 0.290 e. The van der Waals surface area contributed by atoms with Gasteiger partial charge in [0, 0.05) is 16.7 Å². The first-order valence-electron chi connectivity index (χ1n) is 7.74. The average molecular weight is 335 g/mol. The molecule has 4 heteroatoms. The van der Waals surface area contributed by atoms with E-state index in [2.05, 4.69) is 36.2 Å². The SMILES string of the molecule is Cc1ccc(Sc2ncccc2C=[N+](O)Cc2ccccc2)cc1. The first-order chi connectivity index (χ1) is 11.7. The third-order valence-electron chi connectivity index (χ3n) is 3.51. The second-order valence-corrected chi connectivity index (χ2v) is 6.59. The van der Waals surface area contributed by atoms with Gasteiger partial charge in [0.15, 0.2) is 0 Å². The molecule has 0 spiro atoms. The molecule has 0 amide bonds. The van der Waals surface area contributed by atoms with Gasteiger partial charge in [-0.05, 0) is 35.9 Å². The van der Waals surface area contributed by atoms with Crippen molar-refractivity contribution in [3.63, 3.8) is 0 Å². The summed E-state index contributed by atoms with van der Waals surface area (Å²) in [6, 6.07) is 22.0. The Hall–Kier alpha value is -2.59. The van der Waals surface area contributed by atoms with Gasteiger partial charge in [0.2, 0.25) is 12.8 Å². The minimum Gasteiger partial charge on any atom is -0.290 e. The number of aryl methyl sites for hydroxylation is 1. The molecule has 0 aliphatic rings. The molecule has 1 N–H and O–H groups in total. The van der Waals surface area contributed by atoms with Crippen LogP contribution in [0.1, 0.15) is 16.7 Å². The second-order valence-electron chi connectivity index (χ2n) is 5.53. The maximum absolute atomic E-state index is 10.2. The van der Waals surface area contributed by atoms with E-state index in [1.54, 1.807) is 24.2 Å². The topological polar surface area (TPSA) is 36.1 Å². The van der Waals surface area contributed by atoms with Crippen molar-refractivity contribution in [2.24, 2.45) is 0 Å². The van der Waals surface area contributed by atoms with E-state index in [1.807, 2.05) is 42.5 Å². The molecular formula is C20H19N2OS+. The van der Waals surface area contributed by atoms with E-state index in [0.29, 0.717) is 6.54 Å². The quantitative estimate of drug-likeness (QED) is 0.321. The van der Waals surface area contributed by atoms with Crippen LogP contribution in [0, 0.1) is 6.92 Å². The standard InChI is InChI=1S/C20H19N2OS/c1-16-9-11-19(12-10-16)24-20-18(8-5-13-21-20)15-22(23)14-17-6-3-2-4-7-17/h2-13,15,23H,14H2,1H3/q+1. The summed E-state index contributed by atoms with van der Waals surface area (Å²) in [6.07, 6.45) is 3.49. The molecule has 0 aliphatic carbocycles. The van der Waals surface area contributed by atoms with Crippen molar-refractivity contribution in [3.05, 3.63) is 89.6 Å². The number of hydrogen-bond acceptors (Lipinski definition) is 3. The minimum atomic E-state index is 0.435. The number of benzene rings is 2. The molecule has 0 fully saturated rings. The third-order valence-corrected chi connectivity index (χ3v) is 4.55. The fourth-order valence-electron chi connectivity index (χ4n) is 2.28. The van der Waals surface area contributed by atoms with Crippen LogP contribution in [-0.2, 0) is 6.54 Å². The van der Waals surface area contributed by atoms with Crippen molar-refractivity contribution in [2.75, 3.05) is 0 Å². The Bertz CT molecular complexity index is 830. The Morgan fingerprint density at radius 2 is 1.75 bits per heavy atom. The van der Waals surface area contributed by atoms with Gasteiger partial charge in [-0.3, -0.25) is 5.21 Å². The van der Waals surface area contributed by atoms with Crippen molar-refractivity contribution in [2.45, 2.75) is 23.4 Å². The van der Waals surface area contributed by atoms with Crippen LogP contribution in [0.3, 0.4) is 0 Å². The Kier molecular flexibility index (Phi) is 5.29. The van der Waals surface area contributed by atoms with Crippen LogP contribution in [0.4, 0.5) is 0 Å². The molecule has 0 radical (unpaired) electrons. The maximum Gasteiger partial charge on any atom is 0.225 e. The Labute approximate surface area is 146 Å². The van der Waals surface area contributed by atoms with E-state index >= 15 is 0 Å². The second kappa shape index (κ2) is 7.79. The zero-order valence-electron chi connectivity index (χ0n) is 13.5. The van der Waals surface area contributed by atoms with Crippen molar-refractivity contribution >= 4 is 18.0 Å². The van der Waals surface area contributed by atoms with Crippen molar-refractivity contribution in [1.29, 1.82) is 0 Å². The van der Waals surface area contributed by atoms with Crippen LogP contribution in [0.25, 0.3) is 0 Å². The molecule has 0 unspecified atom stereocenters. The molecule has 0 saturated heterocycles. The van der Waals surface area contributed by atoms with Crippen LogP contribution in [0.5, 0.6) is 0 Å².